The summed E-state index contributed by atoms with van der Waals surface area (Å²) in [7, 11) is 0. The van der Waals surface area contributed by atoms with Gasteiger partial charge in [0.15, 0.2) is 0 Å². The molecule has 0 spiro atoms. The first-order chi connectivity index (χ1) is 7.37. The molecule has 0 aromatic heterocycles. The third-order valence-electron chi connectivity index (χ3n) is 3.40. The molecule has 1 aliphatic carbocycles. The van der Waals surface area contributed by atoms with E-state index >= 15 is 0 Å². The zero-order valence-corrected chi connectivity index (χ0v) is 10.1. The van der Waals surface area contributed by atoms with Crippen LogP contribution in [0.2, 0.25) is 0 Å². The Bertz CT molecular complexity index is 322. The minimum Gasteiger partial charge on any atom is -0.481 e. The van der Waals surface area contributed by atoms with E-state index in [1.54, 1.807) is 11.0 Å². The molecule has 1 N–H and O–H groups in total. The van der Waals surface area contributed by atoms with Crippen LogP contribution in [0.5, 0.6) is 0 Å². The molecule has 0 aromatic rings. The summed E-state index contributed by atoms with van der Waals surface area (Å²) in [5.41, 5.74) is -0.419. The fourth-order valence-corrected chi connectivity index (χ4v) is 2.29. The van der Waals surface area contributed by atoms with Crippen LogP contribution in [0.1, 0.15) is 20.8 Å². The predicted octanol–water partition coefficient (Wildman–Crippen LogP) is 1.38. The maximum Gasteiger partial charge on any atom is 0.307 e. The first-order valence-corrected chi connectivity index (χ1v) is 5.50. The maximum atomic E-state index is 12.1. The summed E-state index contributed by atoms with van der Waals surface area (Å²) in [5, 5.41) is 9.00. The van der Waals surface area contributed by atoms with Crippen molar-refractivity contribution in [3.63, 3.8) is 0 Å². The third-order valence-corrected chi connectivity index (χ3v) is 3.40. The van der Waals surface area contributed by atoms with E-state index in [0.29, 0.717) is 13.1 Å². The summed E-state index contributed by atoms with van der Waals surface area (Å²) in [6.45, 7) is 10.2. The Morgan fingerprint density at radius 3 is 2.31 bits per heavy atom. The van der Waals surface area contributed by atoms with Gasteiger partial charge in [0.25, 0.3) is 0 Å². The van der Waals surface area contributed by atoms with Crippen molar-refractivity contribution in [3.05, 3.63) is 12.7 Å². The lowest BCUT2D eigenvalue weighted by Crippen LogP contribution is -2.33. The summed E-state index contributed by atoms with van der Waals surface area (Å²) >= 11 is 0. The molecule has 2 unspecified atom stereocenters. The van der Waals surface area contributed by atoms with Crippen molar-refractivity contribution in [2.24, 2.45) is 17.3 Å². The lowest BCUT2D eigenvalue weighted by atomic mass is 10.1. The van der Waals surface area contributed by atoms with Crippen molar-refractivity contribution >= 4 is 11.9 Å². The first-order valence-electron chi connectivity index (χ1n) is 5.50. The van der Waals surface area contributed by atoms with Crippen molar-refractivity contribution in [1.82, 2.24) is 4.90 Å². The van der Waals surface area contributed by atoms with Gasteiger partial charge in [0.2, 0.25) is 5.91 Å². The fraction of sp³-hybridized carbons (Fsp3) is 0.667. The Kier molecular flexibility index (Phi) is 3.41. The van der Waals surface area contributed by atoms with Crippen molar-refractivity contribution < 1.29 is 14.7 Å². The van der Waals surface area contributed by atoms with Crippen LogP contribution in [0, 0.1) is 17.3 Å². The van der Waals surface area contributed by atoms with Gasteiger partial charge in [-0.2, -0.15) is 0 Å². The Hall–Kier alpha value is -1.32. The summed E-state index contributed by atoms with van der Waals surface area (Å²) in [4.78, 5) is 24.7. The molecule has 1 aliphatic rings. The van der Waals surface area contributed by atoms with E-state index in [1.807, 2.05) is 20.8 Å². The van der Waals surface area contributed by atoms with Crippen molar-refractivity contribution in [3.8, 4) is 0 Å². The lowest BCUT2D eigenvalue weighted by molar-refractivity contribution is -0.141. The second kappa shape index (κ2) is 4.28. The second-order valence-corrected chi connectivity index (χ2v) is 4.78. The Morgan fingerprint density at radius 1 is 1.44 bits per heavy atom. The van der Waals surface area contributed by atoms with Crippen LogP contribution >= 0.6 is 0 Å². The molecule has 1 saturated carbocycles. The molecule has 0 bridgehead atoms. The number of carboxylic acid groups (broad SMARTS) is 1. The van der Waals surface area contributed by atoms with E-state index in [4.69, 9.17) is 5.11 Å². The van der Waals surface area contributed by atoms with Crippen LogP contribution in [0.25, 0.3) is 0 Å². The SMILES string of the molecule is C=CCN(CC)C(=O)C1C(C(=O)O)C1(C)C. The molecule has 1 rings (SSSR count). The standard InChI is InChI=1S/C12H19NO3/c1-5-7-13(6-2)10(14)8-9(11(15)16)12(8,3)4/h5,8-9H,1,6-7H2,2-4H3,(H,15,16). The molecule has 0 saturated heterocycles. The van der Waals surface area contributed by atoms with Gasteiger partial charge in [-0.1, -0.05) is 19.9 Å². The molecule has 0 aromatic carbocycles. The van der Waals surface area contributed by atoms with Crippen molar-refractivity contribution in [2.75, 3.05) is 13.1 Å². The van der Waals surface area contributed by atoms with Gasteiger partial charge < -0.3 is 10.0 Å². The number of carbonyl (C=O) groups excluding carboxylic acids is 1. The number of hydrogen-bond acceptors (Lipinski definition) is 2. The van der Waals surface area contributed by atoms with Crippen LogP contribution in [-0.4, -0.2) is 35.0 Å². The molecule has 1 amide bonds. The van der Waals surface area contributed by atoms with Crippen molar-refractivity contribution in [2.45, 2.75) is 20.8 Å². The summed E-state index contributed by atoms with van der Waals surface area (Å²) < 4.78 is 0. The number of carbonyl (C=O) groups is 2. The summed E-state index contributed by atoms with van der Waals surface area (Å²) in [6.07, 6.45) is 1.66. The molecule has 4 nitrogen and oxygen atoms in total. The molecular weight excluding hydrogens is 206 g/mol. The highest BCUT2D eigenvalue weighted by atomic mass is 16.4. The Labute approximate surface area is 95.9 Å². The zero-order valence-electron chi connectivity index (χ0n) is 10.1. The molecule has 90 valence electrons. The van der Waals surface area contributed by atoms with Crippen LogP contribution in [0.4, 0.5) is 0 Å². The van der Waals surface area contributed by atoms with Crippen LogP contribution in [-0.2, 0) is 9.59 Å². The van der Waals surface area contributed by atoms with Gasteiger partial charge in [-0.25, -0.2) is 0 Å². The molecule has 0 radical (unpaired) electrons. The molecule has 4 heteroatoms. The lowest BCUT2D eigenvalue weighted by Gasteiger charge is -2.19. The zero-order chi connectivity index (χ0) is 12.5. The fourth-order valence-electron chi connectivity index (χ4n) is 2.29. The van der Waals surface area contributed by atoms with E-state index in [1.165, 1.54) is 0 Å². The monoisotopic (exact) mass is 225 g/mol. The largest absolute Gasteiger partial charge is 0.481 e. The smallest absolute Gasteiger partial charge is 0.307 e. The summed E-state index contributed by atoms with van der Waals surface area (Å²) in [6, 6.07) is 0. The van der Waals surface area contributed by atoms with Gasteiger partial charge >= 0.3 is 5.97 Å². The highest BCUT2D eigenvalue weighted by Gasteiger charge is 2.66. The molecule has 1 fully saturated rings. The first kappa shape index (κ1) is 12.7. The van der Waals surface area contributed by atoms with Crippen LogP contribution < -0.4 is 0 Å². The van der Waals surface area contributed by atoms with Gasteiger partial charge in [-0.3, -0.25) is 9.59 Å². The Morgan fingerprint density at radius 2 is 2.00 bits per heavy atom. The van der Waals surface area contributed by atoms with Gasteiger partial charge in [0.1, 0.15) is 0 Å². The minimum atomic E-state index is -0.877. The molecule has 0 aliphatic heterocycles. The van der Waals surface area contributed by atoms with Gasteiger partial charge in [0.05, 0.1) is 11.8 Å². The number of nitrogens with zero attached hydrogens (tertiary/aromatic N) is 1. The highest BCUT2D eigenvalue weighted by Crippen LogP contribution is 2.58. The van der Waals surface area contributed by atoms with Gasteiger partial charge in [0, 0.05) is 13.1 Å². The second-order valence-electron chi connectivity index (χ2n) is 4.78. The average molecular weight is 225 g/mol. The minimum absolute atomic E-state index is 0.0696. The molecule has 0 heterocycles. The number of aliphatic carboxylic acids is 1. The third kappa shape index (κ3) is 1.96. The molecule has 2 atom stereocenters. The predicted molar refractivity (Wildman–Crippen MR) is 60.8 cm³/mol. The molecule has 16 heavy (non-hydrogen) atoms. The van der Waals surface area contributed by atoms with Crippen molar-refractivity contribution in [1.29, 1.82) is 0 Å². The number of rotatable bonds is 5. The van der Waals surface area contributed by atoms with Crippen LogP contribution in [0.15, 0.2) is 12.7 Å². The quantitative estimate of drug-likeness (QED) is 0.719. The summed E-state index contributed by atoms with van der Waals surface area (Å²) in [5.74, 6) is -1.87. The van der Waals surface area contributed by atoms with E-state index in [-0.39, 0.29) is 11.8 Å². The highest BCUT2D eigenvalue weighted by molar-refractivity contribution is 5.91. The van der Waals surface area contributed by atoms with Gasteiger partial charge in [-0.15, -0.1) is 6.58 Å². The topological polar surface area (TPSA) is 57.6 Å². The normalized spacial score (nSPS) is 25.9. The number of hydrogen-bond donors (Lipinski definition) is 1. The van der Waals surface area contributed by atoms with E-state index in [9.17, 15) is 9.59 Å². The Balaban J connectivity index is 2.76. The maximum absolute atomic E-state index is 12.1. The number of carboxylic acids is 1. The molecular formula is C12H19NO3. The average Bonchev–Trinajstić information content (AvgIpc) is 2.77. The van der Waals surface area contributed by atoms with E-state index in [0.717, 1.165) is 0 Å². The number of amides is 1. The number of likely N-dealkylation sites (N-methyl/N-ethyl adjacent to an activating group) is 1. The van der Waals surface area contributed by atoms with Gasteiger partial charge in [-0.05, 0) is 12.3 Å². The van der Waals surface area contributed by atoms with E-state index < -0.39 is 17.3 Å². The van der Waals surface area contributed by atoms with E-state index in [2.05, 4.69) is 6.58 Å². The van der Waals surface area contributed by atoms with Crippen LogP contribution in [0.3, 0.4) is 0 Å².